The number of hydrogen-bond acceptors (Lipinski definition) is 3. The lowest BCUT2D eigenvalue weighted by Gasteiger charge is -2.08. The molecule has 0 fully saturated rings. The van der Waals surface area contributed by atoms with Gasteiger partial charge in [0.25, 0.3) is 5.91 Å². The second-order valence-corrected chi connectivity index (χ2v) is 6.14. The van der Waals surface area contributed by atoms with Crippen molar-refractivity contribution in [3.63, 3.8) is 0 Å². The second-order valence-electron chi connectivity index (χ2n) is 5.70. The summed E-state index contributed by atoms with van der Waals surface area (Å²) in [5, 5.41) is 6.58. The Morgan fingerprint density at radius 1 is 1.08 bits per heavy atom. The van der Waals surface area contributed by atoms with E-state index in [1.807, 2.05) is 12.1 Å². The van der Waals surface area contributed by atoms with Gasteiger partial charge in [-0.2, -0.15) is 0 Å². The van der Waals surface area contributed by atoms with E-state index in [2.05, 4.69) is 15.6 Å². The molecule has 0 aliphatic heterocycles. The van der Waals surface area contributed by atoms with Crippen LogP contribution in [-0.4, -0.2) is 17.4 Å². The summed E-state index contributed by atoms with van der Waals surface area (Å²) in [7, 11) is 0. The van der Waals surface area contributed by atoms with Crippen LogP contribution in [0.4, 0.5) is 15.9 Å². The molecule has 26 heavy (non-hydrogen) atoms. The molecule has 1 amide bonds. The fraction of sp³-hybridized carbons (Fsp3) is 0.100. The molecule has 0 aliphatic rings. The van der Waals surface area contributed by atoms with Crippen LogP contribution < -0.4 is 10.6 Å². The van der Waals surface area contributed by atoms with Gasteiger partial charge in [-0.05, 0) is 54.4 Å². The maximum Gasteiger partial charge on any atom is 0.252 e. The van der Waals surface area contributed by atoms with Gasteiger partial charge in [0.05, 0.1) is 5.56 Å². The number of nitrogens with one attached hydrogen (secondary N) is 2. The Morgan fingerprint density at radius 3 is 2.58 bits per heavy atom. The molecule has 2 aromatic carbocycles. The Bertz CT molecular complexity index is 882. The zero-order valence-corrected chi connectivity index (χ0v) is 14.6. The fourth-order valence-corrected chi connectivity index (χ4v) is 2.58. The molecule has 3 rings (SSSR count). The lowest BCUT2D eigenvalue weighted by molar-refractivity contribution is 0.0954. The molecule has 0 spiro atoms. The van der Waals surface area contributed by atoms with E-state index in [1.165, 1.54) is 18.3 Å². The van der Waals surface area contributed by atoms with Crippen molar-refractivity contribution in [3.8, 4) is 0 Å². The molecule has 0 unspecified atom stereocenters. The Labute approximate surface area is 156 Å². The third-order valence-corrected chi connectivity index (χ3v) is 3.97. The largest absolute Gasteiger partial charge is 0.352 e. The van der Waals surface area contributed by atoms with Crippen molar-refractivity contribution in [1.29, 1.82) is 0 Å². The lowest BCUT2D eigenvalue weighted by Crippen LogP contribution is -2.25. The molecule has 0 atom stereocenters. The number of aromatic nitrogens is 1. The van der Waals surface area contributed by atoms with Crippen LogP contribution in [0.5, 0.6) is 0 Å². The van der Waals surface area contributed by atoms with Gasteiger partial charge in [0.1, 0.15) is 11.6 Å². The molecule has 3 aromatic rings. The van der Waals surface area contributed by atoms with E-state index in [4.69, 9.17) is 11.6 Å². The molecule has 0 saturated heterocycles. The van der Waals surface area contributed by atoms with Crippen molar-refractivity contribution in [2.75, 3.05) is 11.9 Å². The molecule has 0 bridgehead atoms. The minimum atomic E-state index is -0.268. The van der Waals surface area contributed by atoms with Crippen molar-refractivity contribution in [2.45, 2.75) is 6.42 Å². The minimum Gasteiger partial charge on any atom is -0.352 e. The highest BCUT2D eigenvalue weighted by atomic mass is 35.5. The molecule has 0 aliphatic carbocycles. The topological polar surface area (TPSA) is 54.0 Å². The maximum atomic E-state index is 12.9. The normalized spacial score (nSPS) is 10.4. The monoisotopic (exact) mass is 369 g/mol. The predicted molar refractivity (Wildman–Crippen MR) is 101 cm³/mol. The lowest BCUT2D eigenvalue weighted by atomic mass is 10.1. The van der Waals surface area contributed by atoms with Crippen LogP contribution in [0.25, 0.3) is 0 Å². The maximum absolute atomic E-state index is 12.9. The molecular formula is C20H17ClFN3O. The number of rotatable bonds is 6. The highest BCUT2D eigenvalue weighted by molar-refractivity contribution is 6.30. The smallest absolute Gasteiger partial charge is 0.252 e. The molecule has 1 aromatic heterocycles. The van der Waals surface area contributed by atoms with Gasteiger partial charge in [0.2, 0.25) is 0 Å². The number of pyridine rings is 1. The van der Waals surface area contributed by atoms with Gasteiger partial charge in [0.15, 0.2) is 0 Å². The molecule has 4 nitrogen and oxygen atoms in total. The first kappa shape index (κ1) is 17.9. The molecule has 2 N–H and O–H groups in total. The number of carbonyl (C=O) groups is 1. The van der Waals surface area contributed by atoms with E-state index in [0.29, 0.717) is 29.4 Å². The van der Waals surface area contributed by atoms with Crippen LogP contribution in [0.2, 0.25) is 5.02 Å². The van der Waals surface area contributed by atoms with Crippen molar-refractivity contribution < 1.29 is 9.18 Å². The third-order valence-electron chi connectivity index (χ3n) is 3.74. The van der Waals surface area contributed by atoms with Gasteiger partial charge in [-0.3, -0.25) is 4.79 Å². The number of carbonyl (C=O) groups excluding carboxylic acids is 1. The van der Waals surface area contributed by atoms with Crippen LogP contribution in [0.15, 0.2) is 66.9 Å². The number of anilines is 2. The fourth-order valence-electron chi connectivity index (χ4n) is 2.39. The Balaban J connectivity index is 1.52. The van der Waals surface area contributed by atoms with Crippen LogP contribution in [0.3, 0.4) is 0 Å². The molecule has 0 radical (unpaired) electrons. The van der Waals surface area contributed by atoms with Crippen molar-refractivity contribution in [1.82, 2.24) is 10.3 Å². The average Bonchev–Trinajstić information content (AvgIpc) is 2.64. The van der Waals surface area contributed by atoms with Gasteiger partial charge in [-0.1, -0.05) is 29.8 Å². The summed E-state index contributed by atoms with van der Waals surface area (Å²) < 4.78 is 12.9. The third kappa shape index (κ3) is 5.04. The standard InChI is InChI=1S/C20H17ClFN3O/c21-16-2-1-3-18(12-16)25-19-9-6-15(13-24-19)20(26)23-11-10-14-4-7-17(22)8-5-14/h1-9,12-13H,10-11H2,(H,23,26)(H,24,25). The Hall–Kier alpha value is -2.92. The highest BCUT2D eigenvalue weighted by Crippen LogP contribution is 2.18. The molecular weight excluding hydrogens is 353 g/mol. The molecule has 6 heteroatoms. The Kier molecular flexibility index (Phi) is 5.81. The van der Waals surface area contributed by atoms with Crippen LogP contribution in [0, 0.1) is 5.82 Å². The summed E-state index contributed by atoms with van der Waals surface area (Å²) in [6.07, 6.45) is 2.15. The molecule has 1 heterocycles. The molecule has 132 valence electrons. The zero-order valence-electron chi connectivity index (χ0n) is 13.9. The van der Waals surface area contributed by atoms with Gasteiger partial charge >= 0.3 is 0 Å². The minimum absolute atomic E-state index is 0.200. The average molecular weight is 370 g/mol. The zero-order chi connectivity index (χ0) is 18.4. The second kappa shape index (κ2) is 8.45. The summed E-state index contributed by atoms with van der Waals surface area (Å²) in [5.41, 5.74) is 2.26. The summed E-state index contributed by atoms with van der Waals surface area (Å²) in [4.78, 5) is 16.4. The van der Waals surface area contributed by atoms with E-state index in [-0.39, 0.29) is 11.7 Å². The number of nitrogens with zero attached hydrogens (tertiary/aromatic N) is 1. The van der Waals surface area contributed by atoms with E-state index >= 15 is 0 Å². The van der Waals surface area contributed by atoms with Gasteiger partial charge < -0.3 is 10.6 Å². The van der Waals surface area contributed by atoms with E-state index in [1.54, 1.807) is 36.4 Å². The summed E-state index contributed by atoms with van der Waals surface area (Å²) >= 11 is 5.95. The van der Waals surface area contributed by atoms with Crippen molar-refractivity contribution in [2.24, 2.45) is 0 Å². The van der Waals surface area contributed by atoms with Crippen LogP contribution in [0.1, 0.15) is 15.9 Å². The van der Waals surface area contributed by atoms with Crippen molar-refractivity contribution >= 4 is 29.0 Å². The predicted octanol–water partition coefficient (Wildman–Crippen LogP) is 4.59. The van der Waals surface area contributed by atoms with Gasteiger partial charge in [-0.15, -0.1) is 0 Å². The van der Waals surface area contributed by atoms with Gasteiger partial charge in [-0.25, -0.2) is 9.37 Å². The summed E-state index contributed by atoms with van der Waals surface area (Å²) in [5.74, 6) is 0.152. The van der Waals surface area contributed by atoms with Gasteiger partial charge in [0, 0.05) is 23.5 Å². The first-order chi connectivity index (χ1) is 12.6. The van der Waals surface area contributed by atoms with E-state index in [0.717, 1.165) is 11.3 Å². The summed E-state index contributed by atoms with van der Waals surface area (Å²) in [6.45, 7) is 0.465. The number of benzene rings is 2. The van der Waals surface area contributed by atoms with E-state index in [9.17, 15) is 9.18 Å². The van der Waals surface area contributed by atoms with E-state index < -0.39 is 0 Å². The quantitative estimate of drug-likeness (QED) is 0.668. The SMILES string of the molecule is O=C(NCCc1ccc(F)cc1)c1ccc(Nc2cccc(Cl)c2)nc1. The highest BCUT2D eigenvalue weighted by Gasteiger charge is 2.06. The first-order valence-electron chi connectivity index (χ1n) is 8.11. The van der Waals surface area contributed by atoms with Crippen molar-refractivity contribution in [3.05, 3.63) is 88.8 Å². The van der Waals surface area contributed by atoms with Crippen LogP contribution >= 0.6 is 11.6 Å². The number of halogens is 2. The summed E-state index contributed by atoms with van der Waals surface area (Å²) in [6, 6.07) is 17.0. The Morgan fingerprint density at radius 2 is 1.88 bits per heavy atom. The first-order valence-corrected chi connectivity index (χ1v) is 8.49. The number of amides is 1. The molecule has 0 saturated carbocycles. The van der Waals surface area contributed by atoms with Crippen LogP contribution in [-0.2, 0) is 6.42 Å². The number of hydrogen-bond donors (Lipinski definition) is 2.